The first-order chi connectivity index (χ1) is 8.43. The van der Waals surface area contributed by atoms with Crippen LogP contribution in [0.25, 0.3) is 0 Å². The van der Waals surface area contributed by atoms with E-state index < -0.39 is 17.0 Å². The first-order valence-corrected chi connectivity index (χ1v) is 6.28. The Kier molecular flexibility index (Phi) is 3.02. The molecule has 0 aromatic carbocycles. The van der Waals surface area contributed by atoms with E-state index in [1.165, 1.54) is 6.92 Å². The highest BCUT2D eigenvalue weighted by Gasteiger charge is 2.56. The first-order valence-electron chi connectivity index (χ1n) is 6.28. The van der Waals surface area contributed by atoms with Crippen LogP contribution in [0.1, 0.15) is 46.0 Å². The number of nitrogens with zero attached hydrogens (tertiary/aromatic N) is 1. The summed E-state index contributed by atoms with van der Waals surface area (Å²) < 4.78 is 5.38. The lowest BCUT2D eigenvalue weighted by molar-refractivity contribution is -0.164. The van der Waals surface area contributed by atoms with Crippen LogP contribution >= 0.6 is 0 Å². The Hall–Kier alpha value is -1.63. The Morgan fingerprint density at radius 1 is 1.44 bits per heavy atom. The predicted octanol–water partition coefficient (Wildman–Crippen LogP) is 2.29. The lowest BCUT2D eigenvalue weighted by Crippen LogP contribution is -2.53. The molecule has 0 spiro atoms. The highest BCUT2D eigenvalue weighted by atomic mass is 16.6. The number of carbonyl (C=O) groups is 2. The normalized spacial score (nSPS) is 35.2. The minimum atomic E-state index is -1.11. The molecule has 2 aliphatic carbocycles. The van der Waals surface area contributed by atoms with Crippen molar-refractivity contribution >= 4 is 11.8 Å². The van der Waals surface area contributed by atoms with Gasteiger partial charge in [-0.3, -0.25) is 9.59 Å². The third-order valence-electron chi connectivity index (χ3n) is 4.28. The van der Waals surface area contributed by atoms with Crippen LogP contribution in [0.5, 0.6) is 0 Å². The van der Waals surface area contributed by atoms with Crippen molar-refractivity contribution in [2.75, 3.05) is 0 Å². The van der Waals surface area contributed by atoms with Crippen molar-refractivity contribution in [3.05, 3.63) is 11.6 Å². The van der Waals surface area contributed by atoms with Crippen LogP contribution in [0.4, 0.5) is 0 Å². The van der Waals surface area contributed by atoms with Crippen LogP contribution in [0.15, 0.2) is 11.6 Å². The molecule has 0 saturated heterocycles. The summed E-state index contributed by atoms with van der Waals surface area (Å²) in [5.74, 6) is -0.324. The molecule has 2 atom stereocenters. The second-order valence-electron chi connectivity index (χ2n) is 5.35. The zero-order valence-electron chi connectivity index (χ0n) is 10.8. The number of nitriles is 1. The number of hydrogen-bond acceptors (Lipinski definition) is 4. The minimum absolute atomic E-state index is 0.110. The van der Waals surface area contributed by atoms with E-state index >= 15 is 0 Å². The van der Waals surface area contributed by atoms with E-state index in [-0.39, 0.29) is 5.78 Å². The minimum Gasteiger partial charge on any atom is -0.443 e. The summed E-state index contributed by atoms with van der Waals surface area (Å²) in [6, 6.07) is 2.21. The monoisotopic (exact) mass is 247 g/mol. The average molecular weight is 247 g/mol. The second kappa shape index (κ2) is 4.24. The van der Waals surface area contributed by atoms with Gasteiger partial charge in [0.15, 0.2) is 5.78 Å². The number of allylic oxidation sites excluding steroid dienone is 1. The molecule has 1 fully saturated rings. The maximum atomic E-state index is 11.5. The van der Waals surface area contributed by atoms with Crippen molar-refractivity contribution in [3.8, 4) is 6.07 Å². The highest BCUT2D eigenvalue weighted by molar-refractivity contribution is 5.91. The molecule has 0 aromatic heterocycles. The molecular weight excluding hydrogens is 230 g/mol. The Labute approximate surface area is 107 Å². The summed E-state index contributed by atoms with van der Waals surface area (Å²) in [4.78, 5) is 22.8. The van der Waals surface area contributed by atoms with E-state index in [1.54, 1.807) is 6.08 Å². The van der Waals surface area contributed by atoms with Gasteiger partial charge in [0.1, 0.15) is 6.07 Å². The van der Waals surface area contributed by atoms with Gasteiger partial charge >= 0.3 is 5.97 Å². The van der Waals surface area contributed by atoms with Crippen molar-refractivity contribution in [1.29, 1.82) is 5.26 Å². The second-order valence-corrected chi connectivity index (χ2v) is 5.35. The number of carbonyl (C=O) groups excluding carboxylic acids is 2. The fourth-order valence-electron chi connectivity index (χ4n) is 3.18. The number of ketones is 1. The molecule has 0 aromatic rings. The Morgan fingerprint density at radius 3 is 2.78 bits per heavy atom. The topological polar surface area (TPSA) is 67.2 Å². The molecule has 4 nitrogen and oxygen atoms in total. The standard InChI is InChI=1S/C14H17NO3/c1-10(16)18-14(9-15)6-3-4-11-8-12(17)5-7-13(11,14)2/h8H,3-7H2,1-2H3. The summed E-state index contributed by atoms with van der Waals surface area (Å²) in [6.45, 7) is 3.27. The van der Waals surface area contributed by atoms with Gasteiger partial charge in [-0.05, 0) is 25.3 Å². The van der Waals surface area contributed by atoms with Crippen molar-refractivity contribution in [1.82, 2.24) is 0 Å². The van der Waals surface area contributed by atoms with Crippen molar-refractivity contribution in [2.45, 2.75) is 51.6 Å². The molecule has 96 valence electrons. The van der Waals surface area contributed by atoms with Crippen LogP contribution in [0, 0.1) is 16.7 Å². The third-order valence-corrected chi connectivity index (χ3v) is 4.28. The van der Waals surface area contributed by atoms with Gasteiger partial charge in [-0.1, -0.05) is 12.5 Å². The molecule has 2 rings (SSSR count). The molecule has 4 heteroatoms. The number of hydrogen-bond donors (Lipinski definition) is 0. The maximum Gasteiger partial charge on any atom is 0.304 e. The Balaban J connectivity index is 2.48. The number of ether oxygens (including phenoxy) is 1. The van der Waals surface area contributed by atoms with Gasteiger partial charge < -0.3 is 4.74 Å². The quantitative estimate of drug-likeness (QED) is 0.667. The van der Waals surface area contributed by atoms with Crippen LogP contribution in [-0.4, -0.2) is 17.4 Å². The van der Waals surface area contributed by atoms with Gasteiger partial charge in [-0.25, -0.2) is 0 Å². The van der Waals surface area contributed by atoms with Gasteiger partial charge in [-0.15, -0.1) is 0 Å². The van der Waals surface area contributed by atoms with Gasteiger partial charge in [0, 0.05) is 25.2 Å². The van der Waals surface area contributed by atoms with E-state index in [4.69, 9.17) is 4.74 Å². The zero-order chi connectivity index (χ0) is 13.4. The number of rotatable bonds is 1. The van der Waals surface area contributed by atoms with Crippen LogP contribution in [0.3, 0.4) is 0 Å². The van der Waals surface area contributed by atoms with E-state index in [9.17, 15) is 14.9 Å². The lowest BCUT2D eigenvalue weighted by Gasteiger charge is -2.49. The SMILES string of the molecule is CC(=O)OC1(C#N)CCCC2=CC(=O)CCC21C. The van der Waals surface area contributed by atoms with E-state index in [0.29, 0.717) is 19.3 Å². The molecule has 0 heterocycles. The Morgan fingerprint density at radius 2 is 2.17 bits per heavy atom. The van der Waals surface area contributed by atoms with Gasteiger partial charge in [0.25, 0.3) is 0 Å². The van der Waals surface area contributed by atoms with Crippen LogP contribution in [-0.2, 0) is 14.3 Å². The largest absolute Gasteiger partial charge is 0.443 e. The third kappa shape index (κ3) is 1.74. The van der Waals surface area contributed by atoms with Crippen molar-refractivity contribution in [2.24, 2.45) is 5.41 Å². The van der Waals surface area contributed by atoms with Crippen molar-refractivity contribution < 1.29 is 14.3 Å². The first kappa shape index (κ1) is 12.8. The highest BCUT2D eigenvalue weighted by Crippen LogP contribution is 2.54. The molecule has 0 amide bonds. The molecule has 0 N–H and O–H groups in total. The zero-order valence-corrected chi connectivity index (χ0v) is 10.8. The Bertz CT molecular complexity index is 474. The summed E-state index contributed by atoms with van der Waals surface area (Å²) in [5.41, 5.74) is -0.656. The smallest absolute Gasteiger partial charge is 0.304 e. The van der Waals surface area contributed by atoms with E-state index in [0.717, 1.165) is 18.4 Å². The molecule has 2 aliphatic rings. The summed E-state index contributed by atoms with van der Waals surface area (Å²) >= 11 is 0. The van der Waals surface area contributed by atoms with Crippen molar-refractivity contribution in [3.63, 3.8) is 0 Å². The summed E-state index contributed by atoms with van der Waals surface area (Å²) in [7, 11) is 0. The van der Waals surface area contributed by atoms with Gasteiger partial charge in [0.2, 0.25) is 5.60 Å². The summed E-state index contributed by atoms with van der Waals surface area (Å²) in [5, 5.41) is 9.52. The fourth-order valence-corrected chi connectivity index (χ4v) is 3.18. The van der Waals surface area contributed by atoms with Gasteiger partial charge in [-0.2, -0.15) is 5.26 Å². The molecule has 0 bridgehead atoms. The maximum absolute atomic E-state index is 11.5. The molecule has 0 radical (unpaired) electrons. The van der Waals surface area contributed by atoms with Crippen LogP contribution < -0.4 is 0 Å². The fraction of sp³-hybridized carbons (Fsp3) is 0.643. The molecular formula is C14H17NO3. The summed E-state index contributed by atoms with van der Waals surface area (Å²) in [6.07, 6.45) is 4.79. The molecule has 18 heavy (non-hydrogen) atoms. The van der Waals surface area contributed by atoms with E-state index in [1.807, 2.05) is 6.92 Å². The van der Waals surface area contributed by atoms with E-state index in [2.05, 4.69) is 6.07 Å². The number of fused-ring (bicyclic) bond motifs is 1. The molecule has 0 aliphatic heterocycles. The molecule has 1 saturated carbocycles. The lowest BCUT2D eigenvalue weighted by atomic mass is 9.57. The van der Waals surface area contributed by atoms with Gasteiger partial charge in [0.05, 0.1) is 0 Å². The molecule has 2 unspecified atom stereocenters. The predicted molar refractivity (Wildman–Crippen MR) is 64.4 cm³/mol. The van der Waals surface area contributed by atoms with Crippen LogP contribution in [0.2, 0.25) is 0 Å². The average Bonchev–Trinajstić information content (AvgIpc) is 2.31. The number of esters is 1.